The molecule has 1 aliphatic heterocycles. The van der Waals surface area contributed by atoms with Crippen LogP contribution < -0.4 is 4.74 Å². The van der Waals surface area contributed by atoms with Crippen molar-refractivity contribution in [3.8, 4) is 16.9 Å². The minimum atomic E-state index is -1.19. The van der Waals surface area contributed by atoms with Gasteiger partial charge in [0.25, 0.3) is 0 Å². The van der Waals surface area contributed by atoms with E-state index < -0.39 is 23.7 Å². The summed E-state index contributed by atoms with van der Waals surface area (Å²) in [6.07, 6.45) is 0.428. The number of aromatic nitrogens is 2. The molecule has 6 nitrogen and oxygen atoms in total. The van der Waals surface area contributed by atoms with Crippen LogP contribution in [0, 0.1) is 0 Å². The lowest BCUT2D eigenvalue weighted by molar-refractivity contribution is -0.0786. The van der Waals surface area contributed by atoms with E-state index in [1.54, 1.807) is 16.9 Å². The maximum Gasteiger partial charge on any atom is 0.173 e. The molecule has 1 fully saturated rings. The van der Waals surface area contributed by atoms with Gasteiger partial charge >= 0.3 is 0 Å². The largest absolute Gasteiger partial charge is 0.477 e. The van der Waals surface area contributed by atoms with Gasteiger partial charge in [0.2, 0.25) is 0 Å². The summed E-state index contributed by atoms with van der Waals surface area (Å²) in [6, 6.07) is 7.47. The number of thioether (sulfide) groups is 1. The normalized spacial score (nSPS) is 28.5. The highest BCUT2D eigenvalue weighted by Gasteiger charge is 2.38. The third kappa shape index (κ3) is 3.12. The average Bonchev–Trinajstić information content (AvgIpc) is 2.95. The highest BCUT2D eigenvalue weighted by Crippen LogP contribution is 2.31. The monoisotopic (exact) mass is 322 g/mol. The summed E-state index contributed by atoms with van der Waals surface area (Å²) in [5.41, 5.74) is 1.32. The summed E-state index contributed by atoms with van der Waals surface area (Å²) in [6.45, 7) is 0. The molecule has 0 spiro atoms. The lowest BCUT2D eigenvalue weighted by Gasteiger charge is -2.34. The molecular weight excluding hydrogens is 304 g/mol. The highest BCUT2D eigenvalue weighted by atomic mass is 32.2. The fraction of sp³-hybridized carbons (Fsp3) is 0.400. The van der Waals surface area contributed by atoms with Crippen LogP contribution in [0.25, 0.3) is 11.1 Å². The van der Waals surface area contributed by atoms with Crippen LogP contribution in [0.2, 0.25) is 0 Å². The van der Waals surface area contributed by atoms with E-state index >= 15 is 0 Å². The van der Waals surface area contributed by atoms with Gasteiger partial charge in [0, 0.05) is 24.6 Å². The van der Waals surface area contributed by atoms with Crippen molar-refractivity contribution in [3.05, 3.63) is 36.7 Å². The van der Waals surface area contributed by atoms with E-state index in [1.165, 1.54) is 11.8 Å². The number of aliphatic hydroxyl groups excluding tert-OH is 3. The molecule has 7 heteroatoms. The van der Waals surface area contributed by atoms with Crippen molar-refractivity contribution >= 4 is 11.8 Å². The van der Waals surface area contributed by atoms with Crippen LogP contribution in [0.5, 0.6) is 5.75 Å². The molecule has 4 atom stereocenters. The number of ether oxygens (including phenoxy) is 1. The number of aliphatic hydroxyl groups is 3. The molecule has 3 N–H and O–H groups in total. The molecule has 0 amide bonds. The molecule has 0 aliphatic carbocycles. The van der Waals surface area contributed by atoms with Crippen molar-refractivity contribution in [3.63, 3.8) is 0 Å². The van der Waals surface area contributed by atoms with E-state index in [4.69, 9.17) is 4.74 Å². The molecule has 1 aromatic carbocycles. The molecule has 22 heavy (non-hydrogen) atoms. The molecule has 0 saturated carbocycles. The lowest BCUT2D eigenvalue weighted by atomic mass is 10.1. The molecular formula is C15H18N2O4S. The fourth-order valence-electron chi connectivity index (χ4n) is 2.34. The van der Waals surface area contributed by atoms with E-state index in [2.05, 4.69) is 5.10 Å². The summed E-state index contributed by atoms with van der Waals surface area (Å²) in [5, 5.41) is 33.4. The topological polar surface area (TPSA) is 87.7 Å². The Kier molecular flexibility index (Phi) is 4.39. The smallest absolute Gasteiger partial charge is 0.173 e. The van der Waals surface area contributed by atoms with E-state index in [-0.39, 0.29) is 0 Å². The molecule has 118 valence electrons. The van der Waals surface area contributed by atoms with Crippen molar-refractivity contribution in [2.45, 2.75) is 23.7 Å². The van der Waals surface area contributed by atoms with E-state index in [0.717, 1.165) is 11.1 Å². The Morgan fingerprint density at radius 3 is 2.77 bits per heavy atom. The Morgan fingerprint density at radius 2 is 2.05 bits per heavy atom. The predicted octanol–water partition coefficient (Wildman–Crippen LogP) is 0.621. The van der Waals surface area contributed by atoms with Crippen LogP contribution >= 0.6 is 11.8 Å². The van der Waals surface area contributed by atoms with Crippen LogP contribution in [0.4, 0.5) is 0 Å². The second-order valence-electron chi connectivity index (χ2n) is 5.30. The van der Waals surface area contributed by atoms with Gasteiger partial charge in [-0.2, -0.15) is 5.10 Å². The lowest BCUT2D eigenvalue weighted by Crippen LogP contribution is -2.50. The fourth-order valence-corrected chi connectivity index (χ4v) is 3.46. The molecule has 1 saturated heterocycles. The number of aryl methyl sites for hydroxylation is 1. The summed E-state index contributed by atoms with van der Waals surface area (Å²) < 4.78 is 7.49. The minimum absolute atomic E-state index is 0.325. The Labute approximate surface area is 132 Å². The van der Waals surface area contributed by atoms with Gasteiger partial charge in [0.15, 0.2) is 5.44 Å². The van der Waals surface area contributed by atoms with Gasteiger partial charge in [-0.1, -0.05) is 12.1 Å². The third-order valence-corrected chi connectivity index (χ3v) is 4.82. The van der Waals surface area contributed by atoms with Crippen LogP contribution in [-0.4, -0.2) is 54.6 Å². The highest BCUT2D eigenvalue weighted by molar-refractivity contribution is 7.99. The molecule has 2 heterocycles. The summed E-state index contributed by atoms with van der Waals surface area (Å²) >= 11 is 1.29. The standard InChI is InChI=1S/C15H18N2O4S/c1-17-7-10(6-16-17)9-3-2-4-11(5-9)21-15-14(20)13(19)12(18)8-22-15/h2-7,12-15,18-20H,8H2,1H3/t12-,13+,14-,15+/m1/s1. The zero-order chi connectivity index (χ0) is 15.7. The Bertz CT molecular complexity index is 648. The zero-order valence-corrected chi connectivity index (χ0v) is 12.8. The van der Waals surface area contributed by atoms with Crippen LogP contribution in [0.15, 0.2) is 36.7 Å². The van der Waals surface area contributed by atoms with Gasteiger partial charge in [-0.05, 0) is 17.7 Å². The van der Waals surface area contributed by atoms with Gasteiger partial charge in [-0.15, -0.1) is 11.8 Å². The summed E-state index contributed by atoms with van der Waals surface area (Å²) in [4.78, 5) is 0. The van der Waals surface area contributed by atoms with Gasteiger partial charge in [-0.3, -0.25) is 4.68 Å². The molecule has 0 radical (unpaired) electrons. The van der Waals surface area contributed by atoms with Crippen molar-refractivity contribution in [2.24, 2.45) is 7.05 Å². The molecule has 2 aromatic rings. The Hall–Kier alpha value is -1.54. The number of hydrogen-bond donors (Lipinski definition) is 3. The maximum absolute atomic E-state index is 9.99. The average molecular weight is 322 g/mol. The third-order valence-electron chi connectivity index (χ3n) is 3.58. The first-order valence-electron chi connectivity index (χ1n) is 6.96. The second kappa shape index (κ2) is 6.29. The van der Waals surface area contributed by atoms with Gasteiger partial charge < -0.3 is 20.1 Å². The number of nitrogens with zero attached hydrogens (tertiary/aromatic N) is 2. The molecule has 3 rings (SSSR count). The first-order valence-corrected chi connectivity index (χ1v) is 8.01. The van der Waals surface area contributed by atoms with Crippen molar-refractivity contribution in [1.29, 1.82) is 0 Å². The summed E-state index contributed by atoms with van der Waals surface area (Å²) in [7, 11) is 1.85. The van der Waals surface area contributed by atoms with Gasteiger partial charge in [0.05, 0.1) is 12.3 Å². The zero-order valence-electron chi connectivity index (χ0n) is 12.0. The van der Waals surface area contributed by atoms with Crippen LogP contribution in [0.3, 0.4) is 0 Å². The van der Waals surface area contributed by atoms with Crippen molar-refractivity contribution in [1.82, 2.24) is 9.78 Å². The SMILES string of the molecule is Cn1cc(-c2cccc(O[C@H]3SC[C@@H](O)[C@H](O)[C@H]3O)c2)cn1. The number of benzene rings is 1. The van der Waals surface area contributed by atoms with Gasteiger partial charge in [0.1, 0.15) is 18.0 Å². The maximum atomic E-state index is 9.99. The quantitative estimate of drug-likeness (QED) is 0.768. The molecule has 1 aromatic heterocycles. The van der Waals surface area contributed by atoms with E-state index in [1.807, 2.05) is 31.4 Å². The number of hydrogen-bond acceptors (Lipinski definition) is 6. The Balaban J connectivity index is 1.76. The van der Waals surface area contributed by atoms with E-state index in [0.29, 0.717) is 11.5 Å². The summed E-state index contributed by atoms with van der Waals surface area (Å²) in [5.74, 6) is 0.923. The predicted molar refractivity (Wildman–Crippen MR) is 83.5 cm³/mol. The number of rotatable bonds is 3. The first-order chi connectivity index (χ1) is 10.5. The van der Waals surface area contributed by atoms with E-state index in [9.17, 15) is 15.3 Å². The molecule has 0 bridgehead atoms. The Morgan fingerprint density at radius 1 is 1.23 bits per heavy atom. The minimum Gasteiger partial charge on any atom is -0.477 e. The van der Waals surface area contributed by atoms with Gasteiger partial charge in [-0.25, -0.2) is 0 Å². The molecule has 0 unspecified atom stereocenters. The van der Waals surface area contributed by atoms with Crippen LogP contribution in [-0.2, 0) is 7.05 Å². The second-order valence-corrected chi connectivity index (χ2v) is 6.43. The molecule has 1 aliphatic rings. The first kappa shape index (κ1) is 15.4. The van der Waals surface area contributed by atoms with Crippen molar-refractivity contribution < 1.29 is 20.1 Å². The van der Waals surface area contributed by atoms with Crippen molar-refractivity contribution in [2.75, 3.05) is 5.75 Å². The van der Waals surface area contributed by atoms with Crippen LogP contribution in [0.1, 0.15) is 0 Å².